The van der Waals surface area contributed by atoms with Gasteiger partial charge in [0.2, 0.25) is 0 Å². The number of benzene rings is 1. The van der Waals surface area contributed by atoms with Crippen molar-refractivity contribution in [2.75, 3.05) is 25.5 Å². The summed E-state index contributed by atoms with van der Waals surface area (Å²) in [6, 6.07) is 3.64. The van der Waals surface area contributed by atoms with E-state index in [2.05, 4.69) is 17.3 Å². The van der Waals surface area contributed by atoms with Crippen LogP contribution in [0, 0.1) is 17.8 Å². The van der Waals surface area contributed by atoms with Gasteiger partial charge in [0.25, 0.3) is 5.91 Å². The van der Waals surface area contributed by atoms with E-state index in [-0.39, 0.29) is 29.3 Å². The molecule has 1 heterocycles. The molecule has 1 aromatic carbocycles. The molecule has 4 aliphatic rings. The number of allylic oxidation sites excluding steroid dienone is 1. The van der Waals surface area contributed by atoms with Crippen LogP contribution in [0.5, 0.6) is 5.75 Å². The topological polar surface area (TPSA) is 173 Å². The van der Waals surface area contributed by atoms with Crippen molar-refractivity contribution < 1.29 is 34.8 Å². The Morgan fingerprint density at radius 3 is 2.44 bits per heavy atom. The minimum absolute atomic E-state index is 0.108. The summed E-state index contributed by atoms with van der Waals surface area (Å²) in [5.41, 5.74) is 5.60. The van der Waals surface area contributed by atoms with Gasteiger partial charge in [-0.05, 0) is 50.5 Å². The van der Waals surface area contributed by atoms with E-state index in [0.717, 1.165) is 25.9 Å². The van der Waals surface area contributed by atoms with Gasteiger partial charge in [0, 0.05) is 29.9 Å². The number of nitrogens with zero attached hydrogens (tertiary/aromatic N) is 1. The van der Waals surface area contributed by atoms with Gasteiger partial charge < -0.3 is 36.4 Å². The molecule has 5 rings (SSSR count). The van der Waals surface area contributed by atoms with Crippen LogP contribution >= 0.6 is 0 Å². The molecule has 1 saturated heterocycles. The Kier molecular flexibility index (Phi) is 5.83. The molecule has 10 nitrogen and oxygen atoms in total. The molecule has 1 aromatic rings. The fourth-order valence-corrected chi connectivity index (χ4v) is 6.48. The van der Waals surface area contributed by atoms with Crippen molar-refractivity contribution >= 4 is 28.9 Å². The summed E-state index contributed by atoms with van der Waals surface area (Å²) in [6.07, 6.45) is 0.194. The maximum absolute atomic E-state index is 13.6. The van der Waals surface area contributed by atoms with Crippen molar-refractivity contribution in [3.63, 3.8) is 0 Å². The van der Waals surface area contributed by atoms with Gasteiger partial charge in [0.05, 0.1) is 23.3 Å². The fraction of sp³-hybridized carbons (Fsp3) is 0.500. The van der Waals surface area contributed by atoms with Gasteiger partial charge in [0.1, 0.15) is 22.8 Å². The van der Waals surface area contributed by atoms with Crippen molar-refractivity contribution in [2.45, 2.75) is 44.2 Å². The molecular weight excluding hydrogens is 466 g/mol. The largest absolute Gasteiger partial charge is 0.511 e. The highest BCUT2D eigenvalue weighted by Gasteiger charge is 2.56. The lowest BCUT2D eigenvalue weighted by molar-refractivity contribution is -0.133. The van der Waals surface area contributed by atoms with Crippen molar-refractivity contribution in [1.29, 1.82) is 0 Å². The molecule has 2 fully saturated rings. The Morgan fingerprint density at radius 2 is 1.81 bits per heavy atom. The number of carbonyl (C=O) groups is 3. The molecule has 1 amide bonds. The third-order valence-electron chi connectivity index (χ3n) is 8.42. The summed E-state index contributed by atoms with van der Waals surface area (Å²) < 4.78 is 0. The Bertz CT molecular complexity index is 1230. The van der Waals surface area contributed by atoms with Crippen molar-refractivity contribution in [3.05, 3.63) is 40.2 Å². The number of aliphatic hydroxyl groups excluding tert-OH is 3. The number of piperidine rings is 1. The van der Waals surface area contributed by atoms with Gasteiger partial charge in [-0.3, -0.25) is 14.4 Å². The number of fused-ring (bicyclic) bond motifs is 3. The number of likely N-dealkylation sites (tertiary alicyclic amines) is 1. The number of amides is 1. The Hall–Kier alpha value is -3.37. The maximum Gasteiger partial charge on any atom is 0.255 e. The van der Waals surface area contributed by atoms with Crippen LogP contribution in [0.4, 0.5) is 5.69 Å². The van der Waals surface area contributed by atoms with E-state index < -0.39 is 64.3 Å². The first kappa shape index (κ1) is 24.3. The summed E-state index contributed by atoms with van der Waals surface area (Å²) in [6.45, 7) is 3.61. The highest BCUT2D eigenvalue weighted by molar-refractivity contribution is 6.21. The zero-order valence-corrected chi connectivity index (χ0v) is 20.2. The lowest BCUT2D eigenvalue weighted by Gasteiger charge is -2.46. The van der Waals surface area contributed by atoms with E-state index in [9.17, 15) is 34.8 Å². The van der Waals surface area contributed by atoms with Crippen molar-refractivity contribution in [1.82, 2.24) is 4.90 Å². The zero-order valence-electron chi connectivity index (χ0n) is 20.2. The number of carbonyl (C=O) groups excluding carboxylic acids is 3. The van der Waals surface area contributed by atoms with Crippen LogP contribution in [0.1, 0.15) is 43.2 Å². The smallest absolute Gasteiger partial charge is 0.255 e. The molecule has 36 heavy (non-hydrogen) atoms. The zero-order chi connectivity index (χ0) is 26.0. The Balaban J connectivity index is 1.59. The number of rotatable bonds is 3. The molecule has 1 aliphatic heterocycles. The third-order valence-corrected chi connectivity index (χ3v) is 8.42. The van der Waals surface area contributed by atoms with Gasteiger partial charge in [-0.2, -0.15) is 0 Å². The lowest BCUT2D eigenvalue weighted by Crippen LogP contribution is -2.52. The van der Waals surface area contributed by atoms with Gasteiger partial charge in [-0.25, -0.2) is 0 Å². The molecule has 0 aromatic heterocycles. The minimum atomic E-state index is -1.38. The second-order valence-electron chi connectivity index (χ2n) is 10.5. The normalized spacial score (nSPS) is 31.1. The number of primary amides is 1. The second kappa shape index (κ2) is 8.63. The maximum atomic E-state index is 13.6. The molecule has 0 spiro atoms. The fourth-order valence-electron chi connectivity index (χ4n) is 6.48. The monoisotopic (exact) mass is 497 g/mol. The van der Waals surface area contributed by atoms with Gasteiger partial charge in [-0.1, -0.05) is 13.0 Å². The van der Waals surface area contributed by atoms with Gasteiger partial charge in [-0.15, -0.1) is 0 Å². The summed E-state index contributed by atoms with van der Waals surface area (Å²) in [7, 11) is 2.05. The second-order valence-corrected chi connectivity index (χ2v) is 10.5. The summed E-state index contributed by atoms with van der Waals surface area (Å²) >= 11 is 0. The van der Waals surface area contributed by atoms with E-state index >= 15 is 0 Å². The SMILES string of the molecule is C[C@H]1c2ccc(NC3CCN(C)CC3)c(O)c2C(O)=C2C(=O)C3C(O)=C(C(N)=O)C(=O)CC3C(O)C21. The number of hydrogen-bond donors (Lipinski definition) is 6. The molecule has 4 unspecified atom stereocenters. The molecule has 1 saturated carbocycles. The lowest BCUT2D eigenvalue weighted by atomic mass is 9.57. The number of nitrogens with one attached hydrogen (secondary N) is 1. The first-order valence-corrected chi connectivity index (χ1v) is 12.3. The number of ketones is 2. The highest BCUT2D eigenvalue weighted by Crippen LogP contribution is 2.55. The molecule has 5 atom stereocenters. The standard InChI is InChI=1S/C26H31N3O7/c1-10-12-3-4-14(28-11-5-7-29(2)8-6-11)22(32)17(12)24(34)20-16(10)21(31)13-9-15(30)19(26(27)36)23(33)18(13)25(20)35/h3-4,10-11,13,16,18,21,28,31-34H,5-9H2,1-2H3,(H2,27,36)/t10-,13?,16?,18?,21?/m0/s1. The number of Topliss-reactive ketones (excluding diaryl/α,β-unsaturated/α-hetero) is 2. The molecule has 7 N–H and O–H groups in total. The van der Waals surface area contributed by atoms with Crippen LogP contribution in [-0.4, -0.2) is 75.1 Å². The van der Waals surface area contributed by atoms with Gasteiger partial charge >= 0.3 is 0 Å². The number of anilines is 1. The van der Waals surface area contributed by atoms with Crippen molar-refractivity contribution in [3.8, 4) is 5.75 Å². The molecule has 3 aliphatic carbocycles. The average Bonchev–Trinajstić information content (AvgIpc) is 2.81. The van der Waals surface area contributed by atoms with Crippen LogP contribution in [0.15, 0.2) is 29.0 Å². The van der Waals surface area contributed by atoms with Crippen LogP contribution < -0.4 is 11.1 Å². The van der Waals surface area contributed by atoms with E-state index in [1.807, 2.05) is 0 Å². The van der Waals surface area contributed by atoms with E-state index in [4.69, 9.17) is 5.73 Å². The number of aromatic hydroxyl groups is 1. The minimum Gasteiger partial charge on any atom is -0.511 e. The predicted octanol–water partition coefficient (Wildman–Crippen LogP) is 1.35. The van der Waals surface area contributed by atoms with E-state index in [1.54, 1.807) is 19.1 Å². The number of hydrogen-bond acceptors (Lipinski definition) is 9. The Morgan fingerprint density at radius 1 is 1.14 bits per heavy atom. The number of aliphatic hydroxyl groups is 3. The third kappa shape index (κ3) is 3.50. The van der Waals surface area contributed by atoms with Gasteiger partial charge in [0.15, 0.2) is 11.6 Å². The van der Waals surface area contributed by atoms with Crippen LogP contribution in [0.25, 0.3) is 5.76 Å². The number of nitrogens with two attached hydrogens (primary N) is 1. The number of phenols is 1. The number of phenolic OH excluding ortho intramolecular Hbond substituents is 1. The van der Waals surface area contributed by atoms with E-state index in [0.29, 0.717) is 11.3 Å². The average molecular weight is 498 g/mol. The molecule has 0 radical (unpaired) electrons. The summed E-state index contributed by atoms with van der Waals surface area (Å²) in [5, 5.41) is 47.8. The summed E-state index contributed by atoms with van der Waals surface area (Å²) in [5.74, 6) is -7.68. The molecule has 10 heteroatoms. The summed E-state index contributed by atoms with van der Waals surface area (Å²) in [4.78, 5) is 40.1. The highest BCUT2D eigenvalue weighted by atomic mass is 16.3. The molecular formula is C26H31N3O7. The van der Waals surface area contributed by atoms with E-state index in [1.165, 1.54) is 0 Å². The Labute approximate surface area is 208 Å². The first-order chi connectivity index (χ1) is 17.0. The predicted molar refractivity (Wildman–Crippen MR) is 130 cm³/mol. The molecule has 192 valence electrons. The van der Waals surface area contributed by atoms with Crippen LogP contribution in [0.2, 0.25) is 0 Å². The van der Waals surface area contributed by atoms with Crippen LogP contribution in [-0.2, 0) is 14.4 Å². The first-order valence-electron chi connectivity index (χ1n) is 12.3. The van der Waals surface area contributed by atoms with Crippen molar-refractivity contribution in [2.24, 2.45) is 23.5 Å². The van der Waals surface area contributed by atoms with Crippen LogP contribution in [0.3, 0.4) is 0 Å². The quantitative estimate of drug-likeness (QED) is 0.266. The molecule has 0 bridgehead atoms.